The Kier molecular flexibility index (Phi) is 12.1. The third-order valence-electron chi connectivity index (χ3n) is 9.61. The summed E-state index contributed by atoms with van der Waals surface area (Å²) in [4.78, 5) is 77.8. The average Bonchev–Trinajstić information content (AvgIpc) is 3.20. The van der Waals surface area contributed by atoms with Crippen molar-refractivity contribution in [1.29, 1.82) is 0 Å². The molecule has 17 nitrogen and oxygen atoms in total. The summed E-state index contributed by atoms with van der Waals surface area (Å²) in [5, 5.41) is 54.7. The van der Waals surface area contributed by atoms with Crippen molar-refractivity contribution in [3.05, 3.63) is 100 Å². The third-order valence-corrected chi connectivity index (χ3v) is 9.61. The summed E-state index contributed by atoms with van der Waals surface area (Å²) in [7, 11) is 0. The van der Waals surface area contributed by atoms with Gasteiger partial charge in [0.05, 0.1) is 25.2 Å². The summed E-state index contributed by atoms with van der Waals surface area (Å²) in [5.74, 6) is -4.36. The number of carboxylic acids is 4. The van der Waals surface area contributed by atoms with Crippen LogP contribution < -0.4 is 16.1 Å². The van der Waals surface area contributed by atoms with E-state index in [0.717, 1.165) is 5.56 Å². The molecule has 0 saturated carbocycles. The molecule has 6 rings (SSSR count). The number of nitrogens with one attached hydrogen (secondary N) is 2. The van der Waals surface area contributed by atoms with Gasteiger partial charge in [-0.1, -0.05) is 18.2 Å². The van der Waals surface area contributed by atoms with Gasteiger partial charge in [-0.25, -0.2) is 9.59 Å². The number of rotatable bonds is 12. The maximum Gasteiger partial charge on any atom is 0.336 e. The summed E-state index contributed by atoms with van der Waals surface area (Å²) >= 11 is 0. The number of hydrogen-bond donors (Lipinski definition) is 7. The van der Waals surface area contributed by atoms with E-state index < -0.39 is 36.0 Å². The van der Waals surface area contributed by atoms with Crippen LogP contribution in [0.1, 0.15) is 15.9 Å². The number of carbonyl (C=O) groups excluding carboxylic acids is 1. The van der Waals surface area contributed by atoms with E-state index in [0.29, 0.717) is 35.2 Å². The summed E-state index contributed by atoms with van der Waals surface area (Å²) in [6, 6.07) is 18.6. The number of carbonyl (C=O) groups is 5. The SMILES string of the molecule is O=C(O)CN1CCN(CC(=O)O)CC(Cc2ccc(NC(=O)Nc3ccc(-c4c5ccc(=O)cc-5oc5cc(O)ccc45)c(C(=O)O)c3)cc2)N(CC(=O)O)CC1. The van der Waals surface area contributed by atoms with Gasteiger partial charge < -0.3 is 40.6 Å². The minimum absolute atomic E-state index is 0.0851. The highest BCUT2D eigenvalue weighted by atomic mass is 16.4. The van der Waals surface area contributed by atoms with E-state index >= 15 is 0 Å². The van der Waals surface area contributed by atoms with Crippen LogP contribution in [-0.4, -0.2) is 129 Å². The van der Waals surface area contributed by atoms with Gasteiger partial charge in [-0.2, -0.15) is 0 Å². The summed E-state index contributed by atoms with van der Waals surface area (Å²) in [6.45, 7) is 0.403. The number of phenols is 1. The quantitative estimate of drug-likeness (QED) is 0.0892. The fraction of sp³-hybridized carbons (Fsp3) is 0.250. The molecule has 7 N–H and O–H groups in total. The van der Waals surface area contributed by atoms with Gasteiger partial charge in [-0.15, -0.1) is 0 Å². The van der Waals surface area contributed by atoms with Gasteiger partial charge in [0.15, 0.2) is 5.43 Å². The summed E-state index contributed by atoms with van der Waals surface area (Å²) < 4.78 is 5.88. The molecule has 0 aromatic heterocycles. The largest absolute Gasteiger partial charge is 0.508 e. The zero-order valence-electron chi connectivity index (χ0n) is 30.4. The van der Waals surface area contributed by atoms with Crippen molar-refractivity contribution in [3.8, 4) is 28.2 Å². The zero-order chi connectivity index (χ0) is 40.8. The van der Waals surface area contributed by atoms with Crippen molar-refractivity contribution in [2.75, 3.05) is 63.0 Å². The fourth-order valence-electron chi connectivity index (χ4n) is 7.07. The molecule has 1 atom stereocenters. The van der Waals surface area contributed by atoms with E-state index in [1.54, 1.807) is 45.0 Å². The van der Waals surface area contributed by atoms with Crippen LogP contribution in [0.4, 0.5) is 16.2 Å². The van der Waals surface area contributed by atoms with Crippen LogP contribution in [0, 0.1) is 0 Å². The molecule has 3 aliphatic rings. The van der Waals surface area contributed by atoms with Crippen LogP contribution in [0.15, 0.2) is 88.1 Å². The standard InChI is InChI=1S/C40H39N5O12/c46-27-6-9-30-33(17-27)57-34-18-28(47)7-10-31(34)38(30)29-8-5-25(16-32(29)39(54)55)42-40(56)41-24-3-1-23(2-4-24)15-26-19-44(21-36(50)51)12-11-43(20-35(48)49)13-14-45(26)22-37(52)53/h1-10,16-18,26,46H,11-15,19-22H2,(H,48,49)(H,50,51)(H,52,53)(H,54,55)(H2,41,42,56). The second kappa shape index (κ2) is 17.3. The summed E-state index contributed by atoms with van der Waals surface area (Å²) in [6.07, 6.45) is 0.332. The van der Waals surface area contributed by atoms with E-state index in [1.165, 1.54) is 48.5 Å². The van der Waals surface area contributed by atoms with Crippen molar-refractivity contribution in [2.45, 2.75) is 12.5 Å². The molecule has 1 aliphatic carbocycles. The van der Waals surface area contributed by atoms with E-state index in [1.807, 2.05) is 0 Å². The Morgan fingerprint density at radius 2 is 1.32 bits per heavy atom. The van der Waals surface area contributed by atoms with Crippen LogP contribution in [0.25, 0.3) is 33.4 Å². The van der Waals surface area contributed by atoms with E-state index in [-0.39, 0.29) is 85.1 Å². The third kappa shape index (κ3) is 10.1. The molecule has 0 spiro atoms. The fourth-order valence-corrected chi connectivity index (χ4v) is 7.07. The lowest BCUT2D eigenvalue weighted by molar-refractivity contribution is -0.140. The Hall–Kier alpha value is -6.82. The van der Waals surface area contributed by atoms with E-state index in [2.05, 4.69) is 10.6 Å². The van der Waals surface area contributed by atoms with Crippen molar-refractivity contribution in [2.24, 2.45) is 0 Å². The number of carboxylic acid groups (broad SMARTS) is 4. The minimum Gasteiger partial charge on any atom is -0.508 e. The first-order valence-corrected chi connectivity index (χ1v) is 17.8. The Morgan fingerprint density at radius 1 is 0.684 bits per heavy atom. The number of aliphatic carboxylic acids is 3. The molecule has 1 saturated heterocycles. The second-order valence-electron chi connectivity index (χ2n) is 13.7. The number of benzene rings is 4. The van der Waals surface area contributed by atoms with Crippen molar-refractivity contribution < 1.29 is 53.9 Å². The highest BCUT2D eigenvalue weighted by Gasteiger charge is 2.28. The predicted molar refractivity (Wildman–Crippen MR) is 207 cm³/mol. The molecule has 2 heterocycles. The normalized spacial score (nSPS) is 15.7. The zero-order valence-corrected chi connectivity index (χ0v) is 30.4. The maximum atomic E-state index is 13.1. The molecular formula is C40H39N5O12. The van der Waals surface area contributed by atoms with Crippen LogP contribution in [0.3, 0.4) is 0 Å². The number of phenolic OH excluding ortho intramolecular Hbond substituents is 1. The second-order valence-corrected chi connectivity index (χ2v) is 13.7. The predicted octanol–water partition coefficient (Wildman–Crippen LogP) is 3.70. The number of anilines is 2. The lowest BCUT2D eigenvalue weighted by Gasteiger charge is -2.33. The van der Waals surface area contributed by atoms with E-state index in [4.69, 9.17) is 4.42 Å². The molecule has 2 amide bonds. The molecule has 0 radical (unpaired) electrons. The van der Waals surface area contributed by atoms with Crippen molar-refractivity contribution >= 4 is 52.3 Å². The van der Waals surface area contributed by atoms with Crippen LogP contribution in [-0.2, 0) is 20.8 Å². The number of urea groups is 1. The lowest BCUT2D eigenvalue weighted by atomic mass is 9.90. The Morgan fingerprint density at radius 3 is 2.02 bits per heavy atom. The van der Waals surface area contributed by atoms with Gasteiger partial charge in [0, 0.05) is 78.8 Å². The van der Waals surface area contributed by atoms with Crippen molar-refractivity contribution in [1.82, 2.24) is 14.7 Å². The molecular weight excluding hydrogens is 742 g/mol. The Labute approximate surface area is 324 Å². The molecule has 0 bridgehead atoms. The Balaban J connectivity index is 1.19. The number of aromatic carboxylic acids is 1. The van der Waals surface area contributed by atoms with Crippen LogP contribution >= 0.6 is 0 Å². The maximum absolute atomic E-state index is 13.1. The highest BCUT2D eigenvalue weighted by Crippen LogP contribution is 2.42. The molecule has 3 aromatic rings. The van der Waals surface area contributed by atoms with E-state index in [9.17, 15) is 54.3 Å². The number of hydrogen-bond acceptors (Lipinski definition) is 11. The summed E-state index contributed by atoms with van der Waals surface area (Å²) in [5.41, 5.74) is 2.31. The molecule has 2 aliphatic heterocycles. The molecule has 3 aromatic carbocycles. The molecule has 57 heavy (non-hydrogen) atoms. The average molecular weight is 782 g/mol. The monoisotopic (exact) mass is 781 g/mol. The first-order chi connectivity index (χ1) is 27.2. The van der Waals surface area contributed by atoms with Gasteiger partial charge in [0.25, 0.3) is 0 Å². The first-order valence-electron chi connectivity index (χ1n) is 17.8. The molecule has 17 heteroatoms. The van der Waals surface area contributed by atoms with Gasteiger partial charge in [0.2, 0.25) is 0 Å². The van der Waals surface area contributed by atoms with Crippen LogP contribution in [0.2, 0.25) is 0 Å². The highest BCUT2D eigenvalue weighted by molar-refractivity contribution is 6.09. The van der Waals surface area contributed by atoms with Crippen molar-refractivity contribution in [3.63, 3.8) is 0 Å². The van der Waals surface area contributed by atoms with Gasteiger partial charge in [-0.05, 0) is 66.1 Å². The number of nitrogens with zero attached hydrogens (tertiary/aromatic N) is 3. The Bertz CT molecular complexity index is 2360. The number of amides is 2. The van der Waals surface area contributed by atoms with Gasteiger partial charge in [0.1, 0.15) is 17.1 Å². The number of fused-ring (bicyclic) bond motifs is 2. The minimum atomic E-state index is -1.28. The molecule has 1 fully saturated rings. The van der Waals surface area contributed by atoms with Gasteiger partial charge >= 0.3 is 29.9 Å². The van der Waals surface area contributed by atoms with Gasteiger partial charge in [-0.3, -0.25) is 33.9 Å². The topological polar surface area (TPSA) is 250 Å². The number of aromatic hydroxyl groups is 1. The first kappa shape index (κ1) is 39.9. The molecule has 296 valence electrons. The molecule has 1 unspecified atom stereocenters. The van der Waals surface area contributed by atoms with Crippen LogP contribution in [0.5, 0.6) is 5.75 Å². The lowest BCUT2D eigenvalue weighted by Crippen LogP contribution is -2.49. The smallest absolute Gasteiger partial charge is 0.336 e.